The molecule has 0 spiro atoms. The molecule has 2 rings (SSSR count). The second-order valence-corrected chi connectivity index (χ2v) is 4.15. The standard InChI is InChI=1S/C12H10F3NO3/c1-5-2-3-8-6(9(5)16)4-7(11(17)18)10(19-8)12(13,14)15/h2-4,10H,16H2,1H3,(H,17,18). The zero-order chi connectivity index (χ0) is 14.4. The van der Waals surface area contributed by atoms with E-state index in [0.29, 0.717) is 5.56 Å². The number of aryl methyl sites for hydroxylation is 1. The van der Waals surface area contributed by atoms with Gasteiger partial charge in [-0.3, -0.25) is 0 Å². The molecule has 3 N–H and O–H groups in total. The van der Waals surface area contributed by atoms with Gasteiger partial charge in [0.2, 0.25) is 6.10 Å². The molecule has 4 nitrogen and oxygen atoms in total. The highest BCUT2D eigenvalue weighted by Crippen LogP contribution is 2.40. The van der Waals surface area contributed by atoms with Crippen LogP contribution in [0.2, 0.25) is 0 Å². The molecule has 1 aliphatic rings. The zero-order valence-corrected chi connectivity index (χ0v) is 9.78. The summed E-state index contributed by atoms with van der Waals surface area (Å²) < 4.78 is 43.0. The van der Waals surface area contributed by atoms with Gasteiger partial charge in [0.05, 0.1) is 5.57 Å². The maximum atomic E-state index is 12.8. The molecule has 1 atom stereocenters. The molecular formula is C12H10F3NO3. The number of fused-ring (bicyclic) bond motifs is 1. The van der Waals surface area contributed by atoms with E-state index >= 15 is 0 Å². The van der Waals surface area contributed by atoms with Crippen molar-refractivity contribution < 1.29 is 27.8 Å². The summed E-state index contributed by atoms with van der Waals surface area (Å²) in [5.41, 5.74) is 5.85. The summed E-state index contributed by atoms with van der Waals surface area (Å²) in [5, 5.41) is 8.87. The van der Waals surface area contributed by atoms with Gasteiger partial charge in [-0.15, -0.1) is 0 Å². The first-order valence-corrected chi connectivity index (χ1v) is 5.29. The third-order valence-corrected chi connectivity index (χ3v) is 2.84. The second kappa shape index (κ2) is 4.18. The summed E-state index contributed by atoms with van der Waals surface area (Å²) in [5.74, 6) is -1.76. The van der Waals surface area contributed by atoms with Crippen molar-refractivity contribution >= 4 is 17.7 Å². The summed E-state index contributed by atoms with van der Waals surface area (Å²) in [6.07, 6.45) is -6.37. The lowest BCUT2D eigenvalue weighted by molar-refractivity contribution is -0.187. The van der Waals surface area contributed by atoms with E-state index in [0.717, 1.165) is 6.08 Å². The molecule has 1 heterocycles. The first kappa shape index (κ1) is 13.3. The molecule has 0 radical (unpaired) electrons. The normalized spacial score (nSPS) is 18.3. The molecule has 0 fully saturated rings. The number of carboxylic acids is 1. The number of carbonyl (C=O) groups is 1. The molecule has 7 heteroatoms. The topological polar surface area (TPSA) is 72.6 Å². The third kappa shape index (κ3) is 2.23. The van der Waals surface area contributed by atoms with Crippen LogP contribution in [0.4, 0.5) is 18.9 Å². The van der Waals surface area contributed by atoms with Gasteiger partial charge < -0.3 is 15.6 Å². The van der Waals surface area contributed by atoms with Gasteiger partial charge in [-0.25, -0.2) is 4.79 Å². The molecule has 0 amide bonds. The molecule has 0 aliphatic carbocycles. The van der Waals surface area contributed by atoms with Crippen molar-refractivity contribution in [1.29, 1.82) is 0 Å². The summed E-state index contributed by atoms with van der Waals surface area (Å²) in [4.78, 5) is 10.9. The number of rotatable bonds is 1. The van der Waals surface area contributed by atoms with Crippen LogP contribution in [0.1, 0.15) is 11.1 Å². The highest BCUT2D eigenvalue weighted by atomic mass is 19.4. The minimum absolute atomic E-state index is 0.0737. The lowest BCUT2D eigenvalue weighted by Crippen LogP contribution is -2.40. The maximum Gasteiger partial charge on any atom is 0.430 e. The molecule has 0 bridgehead atoms. The van der Waals surface area contributed by atoms with Gasteiger partial charge in [0.15, 0.2) is 0 Å². The third-order valence-electron chi connectivity index (χ3n) is 2.84. The van der Waals surface area contributed by atoms with Gasteiger partial charge in [0, 0.05) is 11.3 Å². The van der Waals surface area contributed by atoms with E-state index < -0.39 is 23.8 Å². The highest BCUT2D eigenvalue weighted by molar-refractivity contribution is 5.96. The number of benzene rings is 1. The van der Waals surface area contributed by atoms with E-state index in [1.54, 1.807) is 6.92 Å². The smallest absolute Gasteiger partial charge is 0.430 e. The van der Waals surface area contributed by atoms with E-state index in [4.69, 9.17) is 15.6 Å². The number of hydrogen-bond acceptors (Lipinski definition) is 3. The van der Waals surface area contributed by atoms with Gasteiger partial charge in [-0.2, -0.15) is 13.2 Å². The number of nitrogens with two attached hydrogens (primary N) is 1. The molecule has 19 heavy (non-hydrogen) atoms. The predicted molar refractivity (Wildman–Crippen MR) is 61.7 cm³/mol. The van der Waals surface area contributed by atoms with Crippen LogP contribution in [-0.4, -0.2) is 23.4 Å². The first-order chi connectivity index (χ1) is 8.71. The fourth-order valence-electron chi connectivity index (χ4n) is 1.82. The van der Waals surface area contributed by atoms with E-state index in [1.807, 2.05) is 0 Å². The fourth-order valence-corrected chi connectivity index (χ4v) is 1.82. The fraction of sp³-hybridized carbons (Fsp3) is 0.250. The van der Waals surface area contributed by atoms with Gasteiger partial charge in [-0.1, -0.05) is 6.07 Å². The van der Waals surface area contributed by atoms with Crippen molar-refractivity contribution in [2.45, 2.75) is 19.2 Å². The van der Waals surface area contributed by atoms with E-state index in [2.05, 4.69) is 0 Å². The molecule has 1 aromatic carbocycles. The molecule has 1 unspecified atom stereocenters. The molecule has 1 aromatic rings. The Labute approximate surface area is 106 Å². The SMILES string of the molecule is Cc1ccc2c(c1N)C=C(C(=O)O)C(C(F)(F)F)O2. The van der Waals surface area contributed by atoms with Crippen molar-refractivity contribution in [2.75, 3.05) is 5.73 Å². The number of halogens is 3. The predicted octanol–water partition coefficient (Wildman–Crippen LogP) is 2.37. The molecule has 102 valence electrons. The van der Waals surface area contributed by atoms with Crippen molar-refractivity contribution in [3.8, 4) is 5.75 Å². The van der Waals surface area contributed by atoms with Crippen LogP contribution in [0.5, 0.6) is 5.75 Å². The van der Waals surface area contributed by atoms with Gasteiger partial charge in [0.1, 0.15) is 5.75 Å². The Hall–Kier alpha value is -2.18. The minimum atomic E-state index is -4.80. The highest BCUT2D eigenvalue weighted by Gasteiger charge is 2.48. The van der Waals surface area contributed by atoms with Gasteiger partial charge in [0.25, 0.3) is 0 Å². The van der Waals surface area contributed by atoms with E-state index in [1.165, 1.54) is 12.1 Å². The Balaban J connectivity index is 2.61. The van der Waals surface area contributed by atoms with E-state index in [9.17, 15) is 18.0 Å². The van der Waals surface area contributed by atoms with Crippen molar-refractivity contribution in [1.82, 2.24) is 0 Å². The largest absolute Gasteiger partial charge is 0.478 e. The lowest BCUT2D eigenvalue weighted by atomic mass is 9.98. The lowest BCUT2D eigenvalue weighted by Gasteiger charge is -2.27. The van der Waals surface area contributed by atoms with Crippen molar-refractivity contribution in [3.05, 3.63) is 28.8 Å². The number of carboxylic acid groups (broad SMARTS) is 1. The average molecular weight is 273 g/mol. The molecule has 0 saturated heterocycles. The van der Waals surface area contributed by atoms with Crippen LogP contribution in [0.3, 0.4) is 0 Å². The number of anilines is 1. The van der Waals surface area contributed by atoms with Crippen LogP contribution in [0.15, 0.2) is 17.7 Å². The monoisotopic (exact) mass is 273 g/mol. The summed E-state index contributed by atoms with van der Waals surface area (Å²) in [6, 6.07) is 2.86. The van der Waals surface area contributed by atoms with Crippen LogP contribution in [0, 0.1) is 6.92 Å². The van der Waals surface area contributed by atoms with Crippen LogP contribution >= 0.6 is 0 Å². The quantitative estimate of drug-likeness (QED) is 0.770. The summed E-state index contributed by atoms with van der Waals surface area (Å²) in [7, 11) is 0. The number of alkyl halides is 3. The second-order valence-electron chi connectivity index (χ2n) is 4.15. The van der Waals surface area contributed by atoms with Gasteiger partial charge >= 0.3 is 12.1 Å². The maximum absolute atomic E-state index is 12.8. The van der Waals surface area contributed by atoms with Crippen LogP contribution in [0.25, 0.3) is 6.08 Å². The molecule has 0 saturated carbocycles. The molecular weight excluding hydrogens is 263 g/mol. The van der Waals surface area contributed by atoms with Crippen molar-refractivity contribution in [2.24, 2.45) is 0 Å². The number of hydrogen-bond donors (Lipinski definition) is 2. The summed E-state index contributed by atoms with van der Waals surface area (Å²) in [6.45, 7) is 1.67. The Bertz CT molecular complexity index is 578. The summed E-state index contributed by atoms with van der Waals surface area (Å²) >= 11 is 0. The Kier molecular flexibility index (Phi) is 2.92. The molecule has 1 aliphatic heterocycles. The van der Waals surface area contributed by atoms with Gasteiger partial charge in [-0.05, 0) is 24.6 Å². The number of ether oxygens (including phenoxy) is 1. The van der Waals surface area contributed by atoms with E-state index in [-0.39, 0.29) is 17.0 Å². The minimum Gasteiger partial charge on any atom is -0.478 e. The molecule has 0 aromatic heterocycles. The zero-order valence-electron chi connectivity index (χ0n) is 9.78. The Morgan fingerprint density at radius 1 is 1.42 bits per heavy atom. The Morgan fingerprint density at radius 3 is 2.58 bits per heavy atom. The van der Waals surface area contributed by atoms with Crippen molar-refractivity contribution in [3.63, 3.8) is 0 Å². The Morgan fingerprint density at radius 2 is 2.05 bits per heavy atom. The number of nitrogen functional groups attached to an aromatic ring is 1. The first-order valence-electron chi connectivity index (χ1n) is 5.29. The average Bonchev–Trinajstić information content (AvgIpc) is 2.31. The van der Waals surface area contributed by atoms with Crippen LogP contribution < -0.4 is 10.5 Å². The number of aliphatic carboxylic acids is 1. The van der Waals surface area contributed by atoms with Crippen LogP contribution in [-0.2, 0) is 4.79 Å².